The third kappa shape index (κ3) is 3.16. The van der Waals surface area contributed by atoms with Crippen LogP contribution in [0.2, 0.25) is 0 Å². The Morgan fingerprint density at radius 1 is 1.35 bits per heavy atom. The number of hydrogen-bond acceptors (Lipinski definition) is 4. The fraction of sp³-hybridized carbons (Fsp3) is 0.545. The molecule has 2 heterocycles. The van der Waals surface area contributed by atoms with Crippen LogP contribution < -0.4 is 0 Å². The zero-order valence-electron chi connectivity index (χ0n) is 11.5. The maximum Gasteiger partial charge on any atom is 0.438 e. The number of carbonyl (C=O) groups is 1. The predicted molar refractivity (Wildman–Crippen MR) is 62.8 cm³/mol. The van der Waals surface area contributed by atoms with Gasteiger partial charge in [-0.05, 0) is 13.0 Å². The first-order valence-electron chi connectivity index (χ1n) is 6.11. The van der Waals surface area contributed by atoms with Crippen molar-refractivity contribution >= 4 is 11.6 Å². The second kappa shape index (κ2) is 5.22. The molecule has 0 saturated carbocycles. The van der Waals surface area contributed by atoms with Crippen molar-refractivity contribution in [1.29, 1.82) is 0 Å². The van der Waals surface area contributed by atoms with E-state index in [9.17, 15) is 36.2 Å². The van der Waals surface area contributed by atoms with Gasteiger partial charge in [0.25, 0.3) is 11.6 Å². The number of halogens is 6. The summed E-state index contributed by atoms with van der Waals surface area (Å²) in [5, 5.41) is 15.9. The van der Waals surface area contributed by atoms with Gasteiger partial charge >= 0.3 is 12.4 Å². The second-order valence-electron chi connectivity index (χ2n) is 4.93. The topological polar surface area (TPSA) is 70.7 Å². The van der Waals surface area contributed by atoms with Gasteiger partial charge in [-0.3, -0.25) is 9.48 Å². The molecule has 6 nitrogen and oxygen atoms in total. The first-order chi connectivity index (χ1) is 10.3. The van der Waals surface area contributed by atoms with E-state index in [2.05, 4.69) is 10.2 Å². The van der Waals surface area contributed by atoms with Crippen molar-refractivity contribution < 1.29 is 36.2 Å². The van der Waals surface area contributed by atoms with E-state index in [1.807, 2.05) is 0 Å². The zero-order chi connectivity index (χ0) is 17.6. The molecule has 1 aromatic rings. The summed E-state index contributed by atoms with van der Waals surface area (Å²) in [6.07, 6.45) is -10.1. The molecule has 1 aliphatic heterocycles. The monoisotopic (exact) mass is 344 g/mol. The average molecular weight is 344 g/mol. The van der Waals surface area contributed by atoms with Crippen LogP contribution in [0.1, 0.15) is 19.0 Å². The maximum atomic E-state index is 12.9. The van der Waals surface area contributed by atoms with Gasteiger partial charge in [-0.2, -0.15) is 41.6 Å². The van der Waals surface area contributed by atoms with Gasteiger partial charge in [0.1, 0.15) is 6.54 Å². The van der Waals surface area contributed by atoms with Gasteiger partial charge in [0.2, 0.25) is 0 Å². The molecule has 0 radical (unpaired) electrons. The highest BCUT2D eigenvalue weighted by Crippen LogP contribution is 2.40. The van der Waals surface area contributed by atoms with Crippen LogP contribution in [0, 0.1) is 0 Å². The van der Waals surface area contributed by atoms with Crippen molar-refractivity contribution in [3.05, 3.63) is 18.0 Å². The predicted octanol–water partition coefficient (Wildman–Crippen LogP) is 1.76. The largest absolute Gasteiger partial charge is 0.438 e. The number of hydrogen-bond donors (Lipinski definition) is 1. The molecule has 1 aliphatic rings. The number of alkyl halides is 6. The smallest absolute Gasteiger partial charge is 0.362 e. The Labute approximate surface area is 125 Å². The van der Waals surface area contributed by atoms with Gasteiger partial charge in [0, 0.05) is 18.3 Å². The lowest BCUT2D eigenvalue weighted by Crippen LogP contribution is -2.57. The third-order valence-electron chi connectivity index (χ3n) is 3.04. The fourth-order valence-corrected chi connectivity index (χ4v) is 2.01. The molecule has 1 aromatic heterocycles. The van der Waals surface area contributed by atoms with E-state index < -0.39 is 42.6 Å². The van der Waals surface area contributed by atoms with Crippen molar-refractivity contribution in [2.24, 2.45) is 5.10 Å². The van der Waals surface area contributed by atoms with Gasteiger partial charge in [-0.25, -0.2) is 0 Å². The normalized spacial score (nSPS) is 22.4. The number of hydrazone groups is 1. The number of nitrogens with zero attached hydrogens (tertiary/aromatic N) is 4. The molecular weight excluding hydrogens is 334 g/mol. The van der Waals surface area contributed by atoms with Crippen molar-refractivity contribution in [2.75, 3.05) is 0 Å². The van der Waals surface area contributed by atoms with Crippen LogP contribution in [0.4, 0.5) is 26.3 Å². The van der Waals surface area contributed by atoms with Crippen LogP contribution in [-0.4, -0.2) is 43.4 Å². The first kappa shape index (κ1) is 17.2. The fourth-order valence-electron chi connectivity index (χ4n) is 2.01. The van der Waals surface area contributed by atoms with E-state index in [1.54, 1.807) is 0 Å². The standard InChI is InChI=1S/C11H10F6N4O2/c1-6-4-9(23,11(15,16)17)21(18-6)8(22)5-20-3-2-7(19-20)10(12,13)14/h2-3,23H,4-5H2,1H3/t9-/m1/s1. The van der Waals surface area contributed by atoms with E-state index in [0.717, 1.165) is 6.20 Å². The lowest BCUT2D eigenvalue weighted by atomic mass is 10.1. The Hall–Kier alpha value is -2.11. The first-order valence-corrected chi connectivity index (χ1v) is 6.11. The molecule has 0 spiro atoms. The summed E-state index contributed by atoms with van der Waals surface area (Å²) in [6, 6.07) is 0.571. The van der Waals surface area contributed by atoms with Crippen molar-refractivity contribution in [3.8, 4) is 0 Å². The minimum Gasteiger partial charge on any atom is -0.362 e. The van der Waals surface area contributed by atoms with Crippen LogP contribution in [0.15, 0.2) is 17.4 Å². The third-order valence-corrected chi connectivity index (χ3v) is 3.04. The highest BCUT2D eigenvalue weighted by Gasteiger charge is 2.62. The molecule has 0 aliphatic carbocycles. The minimum absolute atomic E-state index is 0.144. The molecule has 128 valence electrons. The summed E-state index contributed by atoms with van der Waals surface area (Å²) in [6.45, 7) is 0.241. The lowest BCUT2D eigenvalue weighted by Gasteiger charge is -2.32. The summed E-state index contributed by atoms with van der Waals surface area (Å²) in [7, 11) is 0. The zero-order valence-corrected chi connectivity index (χ0v) is 11.5. The lowest BCUT2D eigenvalue weighted by molar-refractivity contribution is -0.302. The van der Waals surface area contributed by atoms with Crippen LogP contribution >= 0.6 is 0 Å². The Bertz CT molecular complexity index is 650. The molecule has 0 fully saturated rings. The van der Waals surface area contributed by atoms with E-state index in [0.29, 0.717) is 10.7 Å². The Morgan fingerprint density at radius 2 is 1.96 bits per heavy atom. The minimum atomic E-state index is -5.18. The van der Waals surface area contributed by atoms with Crippen molar-refractivity contribution in [3.63, 3.8) is 0 Å². The molecule has 0 saturated heterocycles. The Balaban J connectivity index is 2.21. The van der Waals surface area contributed by atoms with E-state index in [-0.39, 0.29) is 10.7 Å². The molecule has 23 heavy (non-hydrogen) atoms. The summed E-state index contributed by atoms with van der Waals surface area (Å²) in [5.41, 5.74) is -4.96. The summed E-state index contributed by atoms with van der Waals surface area (Å²) in [4.78, 5) is 11.9. The second-order valence-corrected chi connectivity index (χ2v) is 4.93. The maximum absolute atomic E-state index is 12.9. The summed E-state index contributed by atoms with van der Waals surface area (Å²) >= 11 is 0. The molecule has 1 amide bonds. The molecule has 0 bridgehead atoms. The molecular formula is C11H10F6N4O2. The quantitative estimate of drug-likeness (QED) is 0.831. The molecule has 0 unspecified atom stereocenters. The number of carbonyl (C=O) groups excluding carboxylic acids is 1. The van der Waals surface area contributed by atoms with Gasteiger partial charge in [-0.1, -0.05) is 0 Å². The van der Waals surface area contributed by atoms with Gasteiger partial charge in [0.15, 0.2) is 5.69 Å². The van der Waals surface area contributed by atoms with Crippen LogP contribution in [0.5, 0.6) is 0 Å². The highest BCUT2D eigenvalue weighted by molar-refractivity contribution is 5.89. The molecule has 2 rings (SSSR count). The Morgan fingerprint density at radius 3 is 2.43 bits per heavy atom. The van der Waals surface area contributed by atoms with Crippen LogP contribution in [-0.2, 0) is 17.5 Å². The summed E-state index contributed by atoms with van der Waals surface area (Å²) < 4.78 is 76.5. The average Bonchev–Trinajstić information content (AvgIpc) is 2.93. The molecule has 0 aromatic carbocycles. The van der Waals surface area contributed by atoms with Gasteiger partial charge in [-0.15, -0.1) is 0 Å². The summed E-state index contributed by atoms with van der Waals surface area (Å²) in [5.74, 6) is -1.35. The number of amides is 1. The van der Waals surface area contributed by atoms with Gasteiger partial charge < -0.3 is 5.11 Å². The van der Waals surface area contributed by atoms with Gasteiger partial charge in [0.05, 0.1) is 0 Å². The number of aliphatic hydroxyl groups is 1. The van der Waals surface area contributed by atoms with Crippen LogP contribution in [0.3, 0.4) is 0 Å². The van der Waals surface area contributed by atoms with Crippen LogP contribution in [0.25, 0.3) is 0 Å². The highest BCUT2D eigenvalue weighted by atomic mass is 19.4. The SMILES string of the molecule is CC1=NN(C(=O)Cn2ccc(C(F)(F)F)n2)[C@](O)(C(F)(F)F)C1. The van der Waals surface area contributed by atoms with Crippen molar-refractivity contribution in [2.45, 2.75) is 38.0 Å². The van der Waals surface area contributed by atoms with Crippen molar-refractivity contribution in [1.82, 2.24) is 14.8 Å². The van der Waals surface area contributed by atoms with E-state index >= 15 is 0 Å². The molecule has 12 heteroatoms. The van der Waals surface area contributed by atoms with E-state index in [1.165, 1.54) is 6.92 Å². The Kier molecular flexibility index (Phi) is 3.91. The molecule has 1 N–H and O–H groups in total. The van der Waals surface area contributed by atoms with E-state index in [4.69, 9.17) is 0 Å². The number of aromatic nitrogens is 2. The molecule has 1 atom stereocenters. The number of rotatable bonds is 2.